The summed E-state index contributed by atoms with van der Waals surface area (Å²) in [5.41, 5.74) is 2.87. The molecule has 3 N–H and O–H groups in total. The first-order valence-electron chi connectivity index (χ1n) is 6.78. The first-order valence-corrected chi connectivity index (χ1v) is 7.16. The van der Waals surface area contributed by atoms with Crippen LogP contribution in [0, 0.1) is 11.7 Å². The summed E-state index contributed by atoms with van der Waals surface area (Å²) in [6.45, 7) is 8.17. The van der Waals surface area contributed by atoms with E-state index in [2.05, 4.69) is 19.3 Å². The van der Waals surface area contributed by atoms with E-state index in [0.717, 1.165) is 6.42 Å². The molecule has 2 rings (SSSR count). The molecule has 3 nitrogen and oxygen atoms in total. The molecule has 1 aromatic rings. The highest BCUT2D eigenvalue weighted by Crippen LogP contribution is 2.48. The molecule has 20 heavy (non-hydrogen) atoms. The SMILES string of the molecule is CC1(C)CC(C(NN)c2cccc(F)c2Cl)C(C)(C)O1. The van der Waals surface area contributed by atoms with E-state index >= 15 is 0 Å². The van der Waals surface area contributed by atoms with Crippen LogP contribution in [0.25, 0.3) is 0 Å². The van der Waals surface area contributed by atoms with Gasteiger partial charge in [-0.25, -0.2) is 4.39 Å². The number of hydrazine groups is 1. The lowest BCUT2D eigenvalue weighted by atomic mass is 9.79. The van der Waals surface area contributed by atoms with Crippen molar-refractivity contribution < 1.29 is 9.13 Å². The normalized spacial score (nSPS) is 25.6. The van der Waals surface area contributed by atoms with Gasteiger partial charge in [-0.1, -0.05) is 23.7 Å². The summed E-state index contributed by atoms with van der Waals surface area (Å²) in [7, 11) is 0. The van der Waals surface area contributed by atoms with Crippen LogP contribution in [0.2, 0.25) is 5.02 Å². The monoisotopic (exact) mass is 300 g/mol. The van der Waals surface area contributed by atoms with Gasteiger partial charge in [-0.05, 0) is 45.7 Å². The number of benzene rings is 1. The van der Waals surface area contributed by atoms with Gasteiger partial charge in [-0.15, -0.1) is 0 Å². The van der Waals surface area contributed by atoms with Crippen LogP contribution in [0.5, 0.6) is 0 Å². The molecule has 1 aromatic carbocycles. The van der Waals surface area contributed by atoms with Crippen molar-refractivity contribution >= 4 is 11.6 Å². The Morgan fingerprint density at radius 1 is 1.40 bits per heavy atom. The summed E-state index contributed by atoms with van der Waals surface area (Å²) in [5.74, 6) is 5.40. The van der Waals surface area contributed by atoms with E-state index in [1.54, 1.807) is 12.1 Å². The fourth-order valence-electron chi connectivity index (χ4n) is 3.31. The Balaban J connectivity index is 2.40. The molecule has 1 aliphatic rings. The molecule has 1 fully saturated rings. The summed E-state index contributed by atoms with van der Waals surface area (Å²) in [5, 5.41) is 0.121. The van der Waals surface area contributed by atoms with Crippen molar-refractivity contribution in [3.05, 3.63) is 34.6 Å². The fraction of sp³-hybridized carbons (Fsp3) is 0.600. The minimum atomic E-state index is -0.430. The summed E-state index contributed by atoms with van der Waals surface area (Å²) < 4.78 is 19.8. The van der Waals surface area contributed by atoms with Crippen LogP contribution in [-0.4, -0.2) is 11.2 Å². The van der Waals surface area contributed by atoms with Crippen molar-refractivity contribution in [2.75, 3.05) is 0 Å². The maximum atomic E-state index is 13.7. The molecule has 0 spiro atoms. The molecule has 112 valence electrons. The summed E-state index contributed by atoms with van der Waals surface area (Å²) >= 11 is 6.10. The zero-order chi connectivity index (χ0) is 15.1. The molecule has 2 unspecified atom stereocenters. The van der Waals surface area contributed by atoms with Gasteiger partial charge in [-0.2, -0.15) is 0 Å². The Hall–Kier alpha value is -0.680. The van der Waals surface area contributed by atoms with Crippen LogP contribution in [0.3, 0.4) is 0 Å². The van der Waals surface area contributed by atoms with Crippen LogP contribution < -0.4 is 11.3 Å². The van der Waals surface area contributed by atoms with Crippen molar-refractivity contribution in [3.8, 4) is 0 Å². The summed E-state index contributed by atoms with van der Waals surface area (Å²) in [6, 6.07) is 4.54. The topological polar surface area (TPSA) is 47.3 Å². The van der Waals surface area contributed by atoms with Crippen LogP contribution in [0.1, 0.15) is 45.7 Å². The fourth-order valence-corrected chi connectivity index (χ4v) is 3.55. The second kappa shape index (κ2) is 5.26. The van der Waals surface area contributed by atoms with Gasteiger partial charge >= 0.3 is 0 Å². The maximum absolute atomic E-state index is 13.7. The van der Waals surface area contributed by atoms with Crippen molar-refractivity contribution in [3.63, 3.8) is 0 Å². The second-order valence-electron chi connectivity index (χ2n) is 6.56. The predicted molar refractivity (Wildman–Crippen MR) is 78.8 cm³/mol. The van der Waals surface area contributed by atoms with E-state index in [4.69, 9.17) is 22.2 Å². The van der Waals surface area contributed by atoms with E-state index in [-0.39, 0.29) is 28.2 Å². The highest BCUT2D eigenvalue weighted by atomic mass is 35.5. The van der Waals surface area contributed by atoms with E-state index < -0.39 is 5.82 Å². The quantitative estimate of drug-likeness (QED) is 0.662. The summed E-state index contributed by atoms with van der Waals surface area (Å²) in [6.07, 6.45) is 0.821. The molecule has 2 atom stereocenters. The average molecular weight is 301 g/mol. The van der Waals surface area contributed by atoms with Crippen LogP contribution in [0.15, 0.2) is 18.2 Å². The molecule has 0 aliphatic carbocycles. The lowest BCUT2D eigenvalue weighted by Gasteiger charge is -2.33. The molecule has 1 saturated heterocycles. The molecule has 1 heterocycles. The smallest absolute Gasteiger partial charge is 0.142 e. The third-order valence-electron chi connectivity index (χ3n) is 4.04. The molecular weight excluding hydrogens is 279 g/mol. The van der Waals surface area contributed by atoms with Gasteiger partial charge < -0.3 is 4.74 Å². The first-order chi connectivity index (χ1) is 9.18. The Bertz CT molecular complexity index is 505. The Morgan fingerprint density at radius 2 is 2.05 bits per heavy atom. The first kappa shape index (κ1) is 15.7. The van der Waals surface area contributed by atoms with Crippen LogP contribution in [-0.2, 0) is 4.74 Å². The van der Waals surface area contributed by atoms with E-state index in [1.165, 1.54) is 6.07 Å². The zero-order valence-corrected chi connectivity index (χ0v) is 13.1. The number of hydrogen-bond acceptors (Lipinski definition) is 3. The van der Waals surface area contributed by atoms with Crippen molar-refractivity contribution in [2.24, 2.45) is 11.8 Å². The third-order valence-corrected chi connectivity index (χ3v) is 4.44. The Labute approximate surface area is 124 Å². The van der Waals surface area contributed by atoms with Crippen molar-refractivity contribution in [1.29, 1.82) is 0 Å². The largest absolute Gasteiger partial charge is 0.369 e. The lowest BCUT2D eigenvalue weighted by molar-refractivity contribution is -0.0779. The number of nitrogens with two attached hydrogens (primary N) is 1. The molecule has 0 amide bonds. The van der Waals surface area contributed by atoms with E-state index in [9.17, 15) is 4.39 Å². The predicted octanol–water partition coefficient (Wildman–Crippen LogP) is 3.58. The van der Waals surface area contributed by atoms with Gasteiger partial charge in [0.2, 0.25) is 0 Å². The number of ether oxygens (including phenoxy) is 1. The molecule has 0 saturated carbocycles. The number of nitrogens with one attached hydrogen (secondary N) is 1. The maximum Gasteiger partial charge on any atom is 0.142 e. The van der Waals surface area contributed by atoms with Gasteiger partial charge in [0.05, 0.1) is 22.3 Å². The highest BCUT2D eigenvalue weighted by molar-refractivity contribution is 6.31. The molecule has 0 bridgehead atoms. The summed E-state index contributed by atoms with van der Waals surface area (Å²) in [4.78, 5) is 0. The van der Waals surface area contributed by atoms with Gasteiger partial charge in [0.25, 0.3) is 0 Å². The standard InChI is InChI=1S/C15H22ClFN2O/c1-14(2)8-10(15(3,4)20-14)13(19-18)9-6-5-7-11(17)12(9)16/h5-7,10,13,19H,8,18H2,1-4H3. The number of rotatable bonds is 3. The Morgan fingerprint density at radius 3 is 2.55 bits per heavy atom. The highest BCUT2D eigenvalue weighted by Gasteiger charge is 2.49. The van der Waals surface area contributed by atoms with E-state index in [1.807, 2.05) is 13.8 Å². The molecule has 1 aliphatic heterocycles. The van der Waals surface area contributed by atoms with Gasteiger partial charge in [-0.3, -0.25) is 11.3 Å². The lowest BCUT2D eigenvalue weighted by Crippen LogP contribution is -2.41. The van der Waals surface area contributed by atoms with Gasteiger partial charge in [0.1, 0.15) is 5.82 Å². The molecule has 0 aromatic heterocycles. The van der Waals surface area contributed by atoms with Crippen molar-refractivity contribution in [1.82, 2.24) is 5.43 Å². The Kier molecular flexibility index (Phi) is 4.13. The second-order valence-corrected chi connectivity index (χ2v) is 6.94. The minimum Gasteiger partial charge on any atom is -0.369 e. The molecule has 0 radical (unpaired) electrons. The van der Waals surface area contributed by atoms with Gasteiger partial charge in [0, 0.05) is 5.92 Å². The zero-order valence-electron chi connectivity index (χ0n) is 12.3. The molecular formula is C15H22ClFN2O. The minimum absolute atomic E-state index is 0.0989. The van der Waals surface area contributed by atoms with Gasteiger partial charge in [0.15, 0.2) is 0 Å². The molecule has 5 heteroatoms. The van der Waals surface area contributed by atoms with Crippen LogP contribution >= 0.6 is 11.6 Å². The number of halogens is 2. The average Bonchev–Trinajstić information content (AvgIpc) is 2.54. The van der Waals surface area contributed by atoms with Crippen molar-refractivity contribution in [2.45, 2.75) is 51.4 Å². The third kappa shape index (κ3) is 2.84. The number of hydrogen-bond donors (Lipinski definition) is 2. The van der Waals surface area contributed by atoms with E-state index in [0.29, 0.717) is 5.56 Å². The van der Waals surface area contributed by atoms with Crippen LogP contribution in [0.4, 0.5) is 4.39 Å².